The zero-order chi connectivity index (χ0) is 13.3. The lowest BCUT2D eigenvalue weighted by Gasteiger charge is -2.31. The minimum Gasteiger partial charge on any atom is -0.397 e. The van der Waals surface area contributed by atoms with Gasteiger partial charge in [0, 0.05) is 19.1 Å². The van der Waals surface area contributed by atoms with Gasteiger partial charge >= 0.3 is 0 Å². The quantitative estimate of drug-likeness (QED) is 0.806. The topological polar surface area (TPSA) is 32.5 Å². The molecular weight excluding hydrogens is 269 g/mol. The number of nitrogens with zero attached hydrogens (tertiary/aromatic N) is 2. The molecule has 1 aromatic rings. The number of hydrogen-bond donors (Lipinski definition) is 1. The number of anilines is 2. The average molecular weight is 288 g/mol. The van der Waals surface area contributed by atoms with E-state index in [1.54, 1.807) is 6.07 Å². The van der Waals surface area contributed by atoms with Crippen LogP contribution in [-0.2, 0) is 0 Å². The van der Waals surface area contributed by atoms with E-state index in [0.717, 1.165) is 31.7 Å². The number of halogens is 2. The van der Waals surface area contributed by atoms with Gasteiger partial charge in [0.25, 0.3) is 0 Å². The maximum absolute atomic E-state index is 6.10. The molecule has 0 radical (unpaired) electrons. The van der Waals surface area contributed by atoms with Gasteiger partial charge in [-0.05, 0) is 39.1 Å². The highest BCUT2D eigenvalue weighted by molar-refractivity contribution is 6.42. The van der Waals surface area contributed by atoms with Crippen molar-refractivity contribution in [3.8, 4) is 0 Å². The van der Waals surface area contributed by atoms with E-state index in [-0.39, 0.29) is 0 Å². The maximum atomic E-state index is 6.10. The van der Waals surface area contributed by atoms with E-state index < -0.39 is 0 Å². The Kier molecular flexibility index (Phi) is 4.25. The molecular formula is C13H19Cl2N3. The molecule has 2 rings (SSSR count). The fraction of sp³-hybridized carbons (Fsp3) is 0.538. The van der Waals surface area contributed by atoms with Crippen LogP contribution in [0.15, 0.2) is 12.1 Å². The second-order valence-corrected chi connectivity index (χ2v) is 5.80. The van der Waals surface area contributed by atoms with Gasteiger partial charge in [-0.15, -0.1) is 0 Å². The number of rotatable bonds is 1. The van der Waals surface area contributed by atoms with Crippen LogP contribution in [-0.4, -0.2) is 37.6 Å². The van der Waals surface area contributed by atoms with E-state index in [4.69, 9.17) is 28.9 Å². The Hall–Kier alpha value is -0.640. The molecule has 1 fully saturated rings. The number of likely N-dealkylation sites (N-methyl/N-ethyl adjacent to an activating group) is 1. The van der Waals surface area contributed by atoms with Crippen molar-refractivity contribution in [1.29, 1.82) is 0 Å². The first-order valence-electron chi connectivity index (χ1n) is 6.18. The minimum absolute atomic E-state index is 0.414. The van der Waals surface area contributed by atoms with Crippen molar-refractivity contribution in [2.45, 2.75) is 19.4 Å². The summed E-state index contributed by atoms with van der Waals surface area (Å²) in [5.74, 6) is 0. The van der Waals surface area contributed by atoms with Crippen molar-refractivity contribution in [2.75, 3.05) is 37.3 Å². The van der Waals surface area contributed by atoms with Gasteiger partial charge < -0.3 is 15.5 Å². The molecule has 1 unspecified atom stereocenters. The monoisotopic (exact) mass is 287 g/mol. The number of hydrogen-bond acceptors (Lipinski definition) is 3. The third-order valence-electron chi connectivity index (χ3n) is 3.43. The smallest absolute Gasteiger partial charge is 0.0618 e. The van der Waals surface area contributed by atoms with Crippen molar-refractivity contribution in [3.05, 3.63) is 22.2 Å². The molecule has 0 bridgehead atoms. The molecule has 3 nitrogen and oxygen atoms in total. The van der Waals surface area contributed by atoms with E-state index in [1.165, 1.54) is 0 Å². The summed E-state index contributed by atoms with van der Waals surface area (Å²) < 4.78 is 0. The molecule has 1 atom stereocenters. The van der Waals surface area contributed by atoms with Gasteiger partial charge in [0.15, 0.2) is 0 Å². The van der Waals surface area contributed by atoms with Crippen LogP contribution in [0.2, 0.25) is 10.0 Å². The van der Waals surface area contributed by atoms with Crippen LogP contribution in [0.1, 0.15) is 13.3 Å². The van der Waals surface area contributed by atoms with E-state index in [0.29, 0.717) is 21.8 Å². The summed E-state index contributed by atoms with van der Waals surface area (Å²) >= 11 is 12.1. The van der Waals surface area contributed by atoms with Crippen LogP contribution >= 0.6 is 23.2 Å². The second-order valence-electron chi connectivity index (χ2n) is 4.98. The number of nitrogen functional groups attached to an aromatic ring is 1. The van der Waals surface area contributed by atoms with Crippen LogP contribution in [0.4, 0.5) is 11.4 Å². The Bertz CT molecular complexity index is 436. The van der Waals surface area contributed by atoms with Crippen molar-refractivity contribution in [1.82, 2.24) is 4.90 Å². The second kappa shape index (κ2) is 5.55. The van der Waals surface area contributed by atoms with Crippen LogP contribution in [0, 0.1) is 0 Å². The SMILES string of the molecule is CC1CN(C)CCCN1c1cc(Cl)c(Cl)cc1N. The van der Waals surface area contributed by atoms with Gasteiger partial charge in [-0.3, -0.25) is 0 Å². The summed E-state index contributed by atoms with van der Waals surface area (Å²) in [6.45, 7) is 5.35. The molecule has 1 aliphatic rings. The van der Waals surface area contributed by atoms with Crippen molar-refractivity contribution in [3.63, 3.8) is 0 Å². The summed E-state index contributed by atoms with van der Waals surface area (Å²) in [6, 6.07) is 4.03. The lowest BCUT2D eigenvalue weighted by Crippen LogP contribution is -2.38. The van der Waals surface area contributed by atoms with E-state index in [2.05, 4.69) is 23.8 Å². The molecule has 0 aliphatic carbocycles. The third-order valence-corrected chi connectivity index (χ3v) is 4.15. The highest BCUT2D eigenvalue weighted by Gasteiger charge is 2.22. The van der Waals surface area contributed by atoms with Crippen LogP contribution in [0.25, 0.3) is 0 Å². The van der Waals surface area contributed by atoms with E-state index in [9.17, 15) is 0 Å². The molecule has 100 valence electrons. The molecule has 1 heterocycles. The molecule has 2 N–H and O–H groups in total. The Morgan fingerprint density at radius 3 is 2.61 bits per heavy atom. The summed E-state index contributed by atoms with van der Waals surface area (Å²) in [5.41, 5.74) is 7.76. The first-order valence-corrected chi connectivity index (χ1v) is 6.94. The Morgan fingerprint density at radius 2 is 1.89 bits per heavy atom. The first kappa shape index (κ1) is 13.8. The molecule has 0 saturated carbocycles. The summed E-state index contributed by atoms with van der Waals surface area (Å²) in [5, 5.41) is 1.07. The van der Waals surface area contributed by atoms with Gasteiger partial charge in [-0.25, -0.2) is 0 Å². The molecule has 1 aromatic carbocycles. The van der Waals surface area contributed by atoms with Gasteiger partial charge in [0.1, 0.15) is 0 Å². The molecule has 5 heteroatoms. The summed E-state index contributed by atoms with van der Waals surface area (Å²) in [7, 11) is 2.15. The van der Waals surface area contributed by atoms with Crippen LogP contribution < -0.4 is 10.6 Å². The van der Waals surface area contributed by atoms with Crippen molar-refractivity contribution in [2.24, 2.45) is 0 Å². The average Bonchev–Trinajstić information content (AvgIpc) is 2.45. The lowest BCUT2D eigenvalue weighted by atomic mass is 10.2. The molecule has 1 saturated heterocycles. The largest absolute Gasteiger partial charge is 0.397 e. The van der Waals surface area contributed by atoms with Crippen LogP contribution in [0.3, 0.4) is 0 Å². The van der Waals surface area contributed by atoms with Gasteiger partial charge in [-0.2, -0.15) is 0 Å². The normalized spacial score (nSPS) is 22.0. The molecule has 0 aromatic heterocycles. The molecule has 0 spiro atoms. The van der Waals surface area contributed by atoms with Crippen molar-refractivity contribution < 1.29 is 0 Å². The standard InChI is InChI=1S/C13H19Cl2N3/c1-9-8-17(2)4-3-5-18(9)13-7-11(15)10(14)6-12(13)16/h6-7,9H,3-5,8,16H2,1-2H3. The number of benzene rings is 1. The van der Waals surface area contributed by atoms with Gasteiger partial charge in [0.2, 0.25) is 0 Å². The Morgan fingerprint density at radius 1 is 1.22 bits per heavy atom. The highest BCUT2D eigenvalue weighted by Crippen LogP contribution is 2.34. The van der Waals surface area contributed by atoms with Crippen LogP contribution in [0.5, 0.6) is 0 Å². The van der Waals surface area contributed by atoms with E-state index >= 15 is 0 Å². The zero-order valence-corrected chi connectivity index (χ0v) is 12.3. The molecule has 18 heavy (non-hydrogen) atoms. The fourth-order valence-electron chi connectivity index (χ4n) is 2.53. The minimum atomic E-state index is 0.414. The van der Waals surface area contributed by atoms with E-state index in [1.807, 2.05) is 6.07 Å². The summed E-state index contributed by atoms with van der Waals surface area (Å²) in [4.78, 5) is 4.67. The summed E-state index contributed by atoms with van der Waals surface area (Å²) in [6.07, 6.45) is 1.13. The predicted octanol–water partition coefficient (Wildman–Crippen LogP) is 3.11. The zero-order valence-electron chi connectivity index (χ0n) is 10.8. The van der Waals surface area contributed by atoms with Crippen molar-refractivity contribution >= 4 is 34.6 Å². The van der Waals surface area contributed by atoms with Gasteiger partial charge in [-0.1, -0.05) is 23.2 Å². The Balaban J connectivity index is 2.32. The molecule has 0 amide bonds. The maximum Gasteiger partial charge on any atom is 0.0618 e. The Labute approximate surface area is 118 Å². The van der Waals surface area contributed by atoms with Gasteiger partial charge in [0.05, 0.1) is 21.4 Å². The number of nitrogens with two attached hydrogens (primary N) is 1. The first-order chi connectivity index (χ1) is 8.49. The lowest BCUT2D eigenvalue weighted by molar-refractivity contribution is 0.337. The highest BCUT2D eigenvalue weighted by atomic mass is 35.5. The molecule has 1 aliphatic heterocycles. The predicted molar refractivity (Wildman–Crippen MR) is 79.8 cm³/mol. The third kappa shape index (κ3) is 2.85. The fourth-order valence-corrected chi connectivity index (χ4v) is 2.86.